The number of benzene rings is 1. The number of nitrogens with zero attached hydrogens (tertiary/aromatic N) is 5. The van der Waals surface area contributed by atoms with Gasteiger partial charge in [-0.1, -0.05) is 30.3 Å². The topological polar surface area (TPSA) is 73.0 Å². The Kier molecular flexibility index (Phi) is 4.51. The molecule has 1 aliphatic rings. The van der Waals surface area contributed by atoms with E-state index in [0.717, 1.165) is 18.4 Å². The van der Waals surface area contributed by atoms with Crippen LogP contribution in [0.2, 0.25) is 0 Å². The molecule has 1 aliphatic carbocycles. The van der Waals surface area contributed by atoms with E-state index < -0.39 is 0 Å². The molecule has 2 aromatic heterocycles. The maximum Gasteiger partial charge on any atom is 0.264 e. The zero-order valence-corrected chi connectivity index (χ0v) is 15.6. The van der Waals surface area contributed by atoms with E-state index >= 15 is 0 Å². The third-order valence-electron chi connectivity index (χ3n) is 5.34. The molecule has 27 heavy (non-hydrogen) atoms. The Morgan fingerprint density at radius 3 is 2.74 bits per heavy atom. The van der Waals surface area contributed by atoms with Gasteiger partial charge in [0.15, 0.2) is 5.65 Å². The number of carbonyl (C=O) groups excluding carboxylic acids is 1. The number of hydrogen-bond acceptors (Lipinski definition) is 4. The second kappa shape index (κ2) is 6.98. The molecular formula is C20H23N5O2. The quantitative estimate of drug-likeness (QED) is 0.669. The smallest absolute Gasteiger partial charge is 0.264 e. The van der Waals surface area contributed by atoms with Crippen molar-refractivity contribution in [3.05, 3.63) is 58.8 Å². The van der Waals surface area contributed by atoms with Crippen LogP contribution in [-0.4, -0.2) is 36.2 Å². The van der Waals surface area contributed by atoms with Crippen molar-refractivity contribution in [3.63, 3.8) is 0 Å². The Labute approximate surface area is 157 Å². The second-order valence-electron chi connectivity index (χ2n) is 7.27. The van der Waals surface area contributed by atoms with Gasteiger partial charge in [0.1, 0.15) is 18.3 Å². The number of rotatable bonds is 6. The van der Waals surface area contributed by atoms with E-state index in [1.165, 1.54) is 17.1 Å². The summed E-state index contributed by atoms with van der Waals surface area (Å²) in [5.41, 5.74) is 1.38. The molecule has 0 N–H and O–H groups in total. The molecule has 4 rings (SSSR count). The summed E-state index contributed by atoms with van der Waals surface area (Å²) in [5, 5.41) is 4.50. The van der Waals surface area contributed by atoms with E-state index in [-0.39, 0.29) is 24.1 Å². The molecule has 0 radical (unpaired) electrons. The van der Waals surface area contributed by atoms with Gasteiger partial charge in [-0.15, -0.1) is 0 Å². The summed E-state index contributed by atoms with van der Waals surface area (Å²) in [6, 6.07) is 10.1. The molecule has 2 heterocycles. The van der Waals surface area contributed by atoms with Gasteiger partial charge in [-0.05, 0) is 31.2 Å². The van der Waals surface area contributed by atoms with Crippen LogP contribution in [0, 0.1) is 5.92 Å². The summed E-state index contributed by atoms with van der Waals surface area (Å²) in [5.74, 6) is 0.485. The first kappa shape index (κ1) is 17.5. The van der Waals surface area contributed by atoms with Crippen LogP contribution in [0.3, 0.4) is 0 Å². The van der Waals surface area contributed by atoms with Crippen LogP contribution in [0.5, 0.6) is 0 Å². The highest BCUT2D eigenvalue weighted by Gasteiger charge is 2.34. The predicted molar refractivity (Wildman–Crippen MR) is 102 cm³/mol. The molecule has 1 amide bonds. The molecule has 1 unspecified atom stereocenters. The Balaban J connectivity index is 1.59. The first-order valence-electron chi connectivity index (χ1n) is 9.25. The molecule has 0 spiro atoms. The lowest BCUT2D eigenvalue weighted by Gasteiger charge is -2.30. The molecule has 3 aromatic rings. The summed E-state index contributed by atoms with van der Waals surface area (Å²) >= 11 is 0. The van der Waals surface area contributed by atoms with E-state index in [1.54, 1.807) is 11.7 Å². The standard InChI is InChI=1S/C20H23N5O2/c1-14(16-8-9-16)25(11-15-6-4-3-5-7-15)18(26)12-24-13-21-19-17(20(24)27)10-22-23(19)2/h3-7,10,13-14,16H,8-9,11-12H2,1-2H3. The fourth-order valence-electron chi connectivity index (χ4n) is 3.49. The molecule has 7 heteroatoms. The lowest BCUT2D eigenvalue weighted by atomic mass is 10.1. The number of amides is 1. The first-order valence-corrected chi connectivity index (χ1v) is 9.25. The van der Waals surface area contributed by atoms with Crippen molar-refractivity contribution in [2.24, 2.45) is 13.0 Å². The van der Waals surface area contributed by atoms with Gasteiger partial charge >= 0.3 is 0 Å². The van der Waals surface area contributed by atoms with Gasteiger partial charge in [0, 0.05) is 19.6 Å². The van der Waals surface area contributed by atoms with E-state index in [2.05, 4.69) is 17.0 Å². The van der Waals surface area contributed by atoms with Gasteiger partial charge in [-0.25, -0.2) is 4.98 Å². The largest absolute Gasteiger partial charge is 0.334 e. The van der Waals surface area contributed by atoms with E-state index in [1.807, 2.05) is 35.2 Å². The van der Waals surface area contributed by atoms with Crippen molar-refractivity contribution < 1.29 is 4.79 Å². The average molecular weight is 365 g/mol. The van der Waals surface area contributed by atoms with Gasteiger partial charge in [-0.3, -0.25) is 18.8 Å². The summed E-state index contributed by atoms with van der Waals surface area (Å²) in [6.07, 6.45) is 5.25. The molecule has 0 saturated heterocycles. The van der Waals surface area contributed by atoms with Gasteiger partial charge < -0.3 is 4.90 Å². The third-order valence-corrected chi connectivity index (χ3v) is 5.34. The van der Waals surface area contributed by atoms with E-state index in [0.29, 0.717) is 23.5 Å². The minimum Gasteiger partial charge on any atom is -0.334 e. The lowest BCUT2D eigenvalue weighted by Crippen LogP contribution is -2.42. The average Bonchev–Trinajstić information content (AvgIpc) is 3.46. The summed E-state index contributed by atoms with van der Waals surface area (Å²) in [4.78, 5) is 32.0. The Bertz CT molecular complexity index is 1020. The zero-order chi connectivity index (χ0) is 19.0. The molecule has 1 fully saturated rings. The minimum absolute atomic E-state index is 0.0133. The summed E-state index contributed by atoms with van der Waals surface area (Å²) < 4.78 is 2.93. The number of hydrogen-bond donors (Lipinski definition) is 0. The number of aromatic nitrogens is 4. The van der Waals surface area contributed by atoms with Gasteiger partial charge in [0.05, 0.1) is 6.20 Å². The van der Waals surface area contributed by atoms with Crippen molar-refractivity contribution in [3.8, 4) is 0 Å². The highest BCUT2D eigenvalue weighted by molar-refractivity contribution is 5.77. The molecule has 0 aliphatic heterocycles. The summed E-state index contributed by atoms with van der Waals surface area (Å²) in [7, 11) is 1.74. The second-order valence-corrected chi connectivity index (χ2v) is 7.27. The van der Waals surface area contributed by atoms with Gasteiger partial charge in [0.2, 0.25) is 5.91 Å². The molecule has 7 nitrogen and oxygen atoms in total. The lowest BCUT2D eigenvalue weighted by molar-refractivity contribution is -0.135. The number of aryl methyl sites for hydroxylation is 1. The fourth-order valence-corrected chi connectivity index (χ4v) is 3.49. The highest BCUT2D eigenvalue weighted by Crippen LogP contribution is 2.35. The van der Waals surface area contributed by atoms with E-state index in [9.17, 15) is 9.59 Å². The molecule has 1 aromatic carbocycles. The van der Waals surface area contributed by atoms with Crippen LogP contribution in [0.4, 0.5) is 0 Å². The first-order chi connectivity index (χ1) is 13.0. The fraction of sp³-hybridized carbons (Fsp3) is 0.400. The van der Waals surface area contributed by atoms with Gasteiger partial charge in [-0.2, -0.15) is 5.10 Å². The van der Waals surface area contributed by atoms with Crippen LogP contribution >= 0.6 is 0 Å². The predicted octanol–water partition coefficient (Wildman–Crippen LogP) is 1.96. The zero-order valence-electron chi connectivity index (χ0n) is 15.6. The molecule has 0 bridgehead atoms. The molecule has 1 saturated carbocycles. The Morgan fingerprint density at radius 2 is 2.04 bits per heavy atom. The maximum absolute atomic E-state index is 13.1. The Hall–Kier alpha value is -2.96. The van der Waals surface area contributed by atoms with Gasteiger partial charge in [0.25, 0.3) is 5.56 Å². The van der Waals surface area contributed by atoms with Crippen molar-refractivity contribution in [1.82, 2.24) is 24.2 Å². The van der Waals surface area contributed by atoms with Crippen LogP contribution in [0.1, 0.15) is 25.3 Å². The molecule has 140 valence electrons. The Morgan fingerprint density at radius 1 is 1.30 bits per heavy atom. The minimum atomic E-state index is -0.236. The van der Waals surface area contributed by atoms with E-state index in [4.69, 9.17) is 0 Å². The molecular weight excluding hydrogens is 342 g/mol. The van der Waals surface area contributed by atoms with Crippen molar-refractivity contribution >= 4 is 16.9 Å². The number of carbonyl (C=O) groups is 1. The van der Waals surface area contributed by atoms with Crippen LogP contribution in [-0.2, 0) is 24.9 Å². The van der Waals surface area contributed by atoms with Crippen LogP contribution in [0.25, 0.3) is 11.0 Å². The summed E-state index contributed by atoms with van der Waals surface area (Å²) in [6.45, 7) is 2.64. The van der Waals surface area contributed by atoms with Crippen LogP contribution < -0.4 is 5.56 Å². The van der Waals surface area contributed by atoms with Crippen LogP contribution in [0.15, 0.2) is 47.7 Å². The van der Waals surface area contributed by atoms with Crippen molar-refractivity contribution in [2.75, 3.05) is 0 Å². The monoisotopic (exact) mass is 365 g/mol. The third kappa shape index (κ3) is 3.49. The molecule has 1 atom stereocenters. The maximum atomic E-state index is 13.1. The number of fused-ring (bicyclic) bond motifs is 1. The van der Waals surface area contributed by atoms with Crippen molar-refractivity contribution in [1.29, 1.82) is 0 Å². The highest BCUT2D eigenvalue weighted by atomic mass is 16.2. The normalized spacial score (nSPS) is 15.0. The van der Waals surface area contributed by atoms with Crippen molar-refractivity contribution in [2.45, 2.75) is 38.9 Å². The SMILES string of the molecule is CC(C1CC1)N(Cc1ccccc1)C(=O)Cn1cnc2c(cnn2C)c1=O.